The molecule has 0 fully saturated rings. The molecule has 0 saturated carbocycles. The quantitative estimate of drug-likeness (QED) is 0.357. The lowest BCUT2D eigenvalue weighted by Crippen LogP contribution is -2.41. The lowest BCUT2D eigenvalue weighted by Gasteiger charge is -2.24. The van der Waals surface area contributed by atoms with Gasteiger partial charge in [0.2, 0.25) is 5.95 Å². The van der Waals surface area contributed by atoms with Gasteiger partial charge in [0.15, 0.2) is 0 Å². The molecular formula is C25H30N6O2. The van der Waals surface area contributed by atoms with Crippen LogP contribution >= 0.6 is 0 Å². The van der Waals surface area contributed by atoms with E-state index < -0.39 is 10.9 Å². The van der Waals surface area contributed by atoms with Gasteiger partial charge in [-0.15, -0.1) is 0 Å². The SMILES string of the molecule is CCN(CC)CC#Cc1ccc(Nc2nccc(Nc3c(NC(C)(C)C)c(=O)c3=O)n2)cc1. The number of nitrogens with zero attached hydrogens (tertiary/aromatic N) is 3. The summed E-state index contributed by atoms with van der Waals surface area (Å²) in [6.45, 7) is 12.7. The van der Waals surface area contributed by atoms with Crippen LogP contribution in [0.3, 0.4) is 0 Å². The van der Waals surface area contributed by atoms with Gasteiger partial charge in [0.05, 0.1) is 6.54 Å². The number of aromatic nitrogens is 2. The highest BCUT2D eigenvalue weighted by Gasteiger charge is 2.25. The topological polar surface area (TPSA) is 99.2 Å². The smallest absolute Gasteiger partial charge is 0.253 e. The number of anilines is 5. The van der Waals surface area contributed by atoms with E-state index in [2.05, 4.69) is 56.5 Å². The molecule has 3 N–H and O–H groups in total. The molecule has 8 nitrogen and oxygen atoms in total. The first-order valence-electron chi connectivity index (χ1n) is 11.0. The van der Waals surface area contributed by atoms with Crippen LogP contribution < -0.4 is 26.8 Å². The summed E-state index contributed by atoms with van der Waals surface area (Å²) >= 11 is 0. The van der Waals surface area contributed by atoms with Crippen molar-refractivity contribution >= 4 is 28.8 Å². The molecule has 1 heterocycles. The van der Waals surface area contributed by atoms with E-state index in [-0.39, 0.29) is 16.9 Å². The molecule has 3 rings (SSSR count). The van der Waals surface area contributed by atoms with E-state index in [1.54, 1.807) is 12.3 Å². The van der Waals surface area contributed by atoms with E-state index in [0.717, 1.165) is 30.9 Å². The van der Waals surface area contributed by atoms with Gasteiger partial charge < -0.3 is 16.0 Å². The van der Waals surface area contributed by atoms with Crippen molar-refractivity contribution in [2.75, 3.05) is 35.6 Å². The van der Waals surface area contributed by atoms with Crippen molar-refractivity contribution in [3.63, 3.8) is 0 Å². The van der Waals surface area contributed by atoms with Gasteiger partial charge in [-0.1, -0.05) is 25.7 Å². The summed E-state index contributed by atoms with van der Waals surface area (Å²) in [5.41, 5.74) is 0.797. The second-order valence-electron chi connectivity index (χ2n) is 8.64. The van der Waals surface area contributed by atoms with E-state index in [0.29, 0.717) is 11.8 Å². The van der Waals surface area contributed by atoms with Crippen molar-refractivity contribution in [1.29, 1.82) is 0 Å². The molecule has 0 amide bonds. The Morgan fingerprint density at radius 3 is 2.24 bits per heavy atom. The first kappa shape index (κ1) is 24.0. The standard InChI is InChI=1S/C25H30N6O2/c1-6-31(7-2)16-8-9-17-10-12-18(13-11-17)27-24-26-15-14-19(29-24)28-20-21(23(33)22(20)32)30-25(3,4)5/h10-15,30H,6-7,16H2,1-5H3,(H2,26,27,28,29). The van der Waals surface area contributed by atoms with Crippen LogP contribution in [0.15, 0.2) is 46.1 Å². The van der Waals surface area contributed by atoms with Crippen LogP contribution in [0.1, 0.15) is 40.2 Å². The lowest BCUT2D eigenvalue weighted by atomic mass is 10.1. The molecule has 172 valence electrons. The Hall–Kier alpha value is -3.70. The third-order valence-electron chi connectivity index (χ3n) is 4.89. The number of hydrogen-bond acceptors (Lipinski definition) is 8. The minimum atomic E-state index is -0.562. The third-order valence-corrected chi connectivity index (χ3v) is 4.89. The molecule has 0 unspecified atom stereocenters. The molecule has 0 radical (unpaired) electrons. The first-order chi connectivity index (χ1) is 15.7. The molecule has 0 saturated heterocycles. The highest BCUT2D eigenvalue weighted by molar-refractivity contribution is 5.78. The maximum absolute atomic E-state index is 12.0. The summed E-state index contributed by atoms with van der Waals surface area (Å²) in [7, 11) is 0. The summed E-state index contributed by atoms with van der Waals surface area (Å²) in [4.78, 5) is 34.9. The average Bonchev–Trinajstić information content (AvgIpc) is 2.79. The molecule has 0 spiro atoms. The zero-order chi connectivity index (χ0) is 24.0. The normalized spacial score (nSPS) is 11.2. The van der Waals surface area contributed by atoms with Crippen molar-refractivity contribution in [2.24, 2.45) is 0 Å². The Morgan fingerprint density at radius 1 is 0.939 bits per heavy atom. The Morgan fingerprint density at radius 2 is 1.61 bits per heavy atom. The number of benzene rings is 1. The number of hydrogen-bond donors (Lipinski definition) is 3. The second kappa shape index (κ2) is 10.3. The zero-order valence-corrected chi connectivity index (χ0v) is 19.7. The molecule has 0 aliphatic heterocycles. The highest BCUT2D eigenvalue weighted by Crippen LogP contribution is 2.23. The summed E-state index contributed by atoms with van der Waals surface area (Å²) in [5, 5.41) is 9.15. The molecule has 8 heteroatoms. The maximum Gasteiger partial charge on any atom is 0.253 e. The van der Waals surface area contributed by atoms with Gasteiger partial charge in [0.25, 0.3) is 10.9 Å². The van der Waals surface area contributed by atoms with Crippen molar-refractivity contribution in [2.45, 2.75) is 40.2 Å². The molecule has 0 aliphatic carbocycles. The molecular weight excluding hydrogens is 416 g/mol. The molecule has 33 heavy (non-hydrogen) atoms. The summed E-state index contributed by atoms with van der Waals surface area (Å²) in [6.07, 6.45) is 1.58. The predicted octanol–water partition coefficient (Wildman–Crippen LogP) is 3.46. The van der Waals surface area contributed by atoms with Crippen molar-refractivity contribution in [3.05, 3.63) is 62.5 Å². The Balaban J connectivity index is 1.67. The second-order valence-corrected chi connectivity index (χ2v) is 8.64. The molecule has 0 aliphatic rings. The van der Waals surface area contributed by atoms with Gasteiger partial charge in [-0.2, -0.15) is 4.98 Å². The van der Waals surface area contributed by atoms with Gasteiger partial charge in [0, 0.05) is 23.0 Å². The van der Waals surface area contributed by atoms with Crippen LogP contribution in [0.25, 0.3) is 0 Å². The summed E-state index contributed by atoms with van der Waals surface area (Å²) in [6, 6.07) is 9.33. The van der Waals surface area contributed by atoms with Gasteiger partial charge in [0.1, 0.15) is 17.2 Å². The summed E-state index contributed by atoms with van der Waals surface area (Å²) in [5.74, 6) is 7.15. The van der Waals surface area contributed by atoms with E-state index in [4.69, 9.17) is 0 Å². The fourth-order valence-corrected chi connectivity index (χ4v) is 3.09. The van der Waals surface area contributed by atoms with E-state index in [9.17, 15) is 9.59 Å². The minimum Gasteiger partial charge on any atom is -0.375 e. The number of nitrogens with one attached hydrogen (secondary N) is 3. The van der Waals surface area contributed by atoms with Crippen molar-refractivity contribution < 1.29 is 0 Å². The molecule has 3 aromatic rings. The zero-order valence-electron chi connectivity index (χ0n) is 19.7. The Kier molecular flexibility index (Phi) is 7.46. The van der Waals surface area contributed by atoms with Gasteiger partial charge >= 0.3 is 0 Å². The Bertz CT molecular complexity index is 1220. The fourth-order valence-electron chi connectivity index (χ4n) is 3.09. The van der Waals surface area contributed by atoms with E-state index in [1.807, 2.05) is 45.0 Å². The van der Waals surface area contributed by atoms with Crippen molar-refractivity contribution in [3.8, 4) is 11.8 Å². The highest BCUT2D eigenvalue weighted by atomic mass is 16.2. The van der Waals surface area contributed by atoms with Crippen LogP contribution in [0.5, 0.6) is 0 Å². The number of rotatable bonds is 8. The molecule has 0 atom stereocenters. The van der Waals surface area contributed by atoms with Crippen LogP contribution in [-0.4, -0.2) is 40.0 Å². The van der Waals surface area contributed by atoms with Gasteiger partial charge in [-0.3, -0.25) is 14.5 Å². The largest absolute Gasteiger partial charge is 0.375 e. The maximum atomic E-state index is 12.0. The predicted molar refractivity (Wildman–Crippen MR) is 134 cm³/mol. The first-order valence-corrected chi connectivity index (χ1v) is 11.0. The molecule has 0 bridgehead atoms. The third kappa shape index (κ3) is 6.40. The summed E-state index contributed by atoms with van der Waals surface area (Å²) < 4.78 is 0. The monoisotopic (exact) mass is 446 g/mol. The van der Waals surface area contributed by atoms with E-state index in [1.165, 1.54) is 0 Å². The van der Waals surface area contributed by atoms with Crippen LogP contribution in [0, 0.1) is 11.8 Å². The van der Waals surface area contributed by atoms with E-state index >= 15 is 0 Å². The van der Waals surface area contributed by atoms with Gasteiger partial charge in [-0.05, 0) is 64.2 Å². The minimum absolute atomic E-state index is 0.215. The Labute approximate surface area is 194 Å². The van der Waals surface area contributed by atoms with Crippen molar-refractivity contribution in [1.82, 2.24) is 14.9 Å². The fraction of sp³-hybridized carbons (Fsp3) is 0.360. The van der Waals surface area contributed by atoms with Crippen LogP contribution in [0.2, 0.25) is 0 Å². The van der Waals surface area contributed by atoms with Crippen LogP contribution in [-0.2, 0) is 0 Å². The van der Waals surface area contributed by atoms with Crippen LogP contribution in [0.4, 0.5) is 28.8 Å². The average molecular weight is 447 g/mol. The van der Waals surface area contributed by atoms with Gasteiger partial charge in [-0.25, -0.2) is 4.98 Å². The molecule has 2 aromatic carbocycles. The lowest BCUT2D eigenvalue weighted by molar-refractivity contribution is 0.342. The molecule has 1 aromatic heterocycles.